The molecule has 0 unspecified atom stereocenters. The van der Waals surface area contributed by atoms with E-state index in [0.717, 1.165) is 16.5 Å². The van der Waals surface area contributed by atoms with Crippen molar-refractivity contribution in [2.24, 2.45) is 5.10 Å². The van der Waals surface area contributed by atoms with Crippen molar-refractivity contribution in [1.82, 2.24) is 5.43 Å². The molecule has 0 fully saturated rings. The molecule has 2 N–H and O–H groups in total. The maximum absolute atomic E-state index is 12.8. The number of rotatable bonds is 7. The van der Waals surface area contributed by atoms with Crippen LogP contribution in [0.4, 0.5) is 5.69 Å². The zero-order chi connectivity index (χ0) is 23.8. The molecule has 0 saturated carbocycles. The van der Waals surface area contributed by atoms with Gasteiger partial charge in [0.15, 0.2) is 5.11 Å². The average Bonchev–Trinajstić information content (AvgIpc) is 2.86. The molecule has 4 aromatic rings. The highest BCUT2D eigenvalue weighted by molar-refractivity contribution is 7.80. The zero-order valence-corrected chi connectivity index (χ0v) is 19.3. The first kappa shape index (κ1) is 22.9. The van der Waals surface area contributed by atoms with Crippen molar-refractivity contribution in [2.45, 2.75) is 6.92 Å². The number of nitrogens with one attached hydrogen (secondary N) is 2. The van der Waals surface area contributed by atoms with E-state index in [0.29, 0.717) is 34.3 Å². The smallest absolute Gasteiger partial charge is 0.343 e. The number of hydrazone groups is 1. The van der Waals surface area contributed by atoms with E-state index in [4.69, 9.17) is 21.7 Å². The van der Waals surface area contributed by atoms with Gasteiger partial charge in [0.25, 0.3) is 0 Å². The van der Waals surface area contributed by atoms with Crippen LogP contribution in [0.1, 0.15) is 22.8 Å². The van der Waals surface area contributed by atoms with Gasteiger partial charge in [-0.25, -0.2) is 4.79 Å². The lowest BCUT2D eigenvalue weighted by Gasteiger charge is -2.11. The van der Waals surface area contributed by atoms with Crippen LogP contribution in [0, 0.1) is 0 Å². The minimum atomic E-state index is -0.470. The Balaban J connectivity index is 1.54. The molecule has 0 amide bonds. The van der Waals surface area contributed by atoms with Gasteiger partial charge in [0.05, 0.1) is 18.4 Å². The van der Waals surface area contributed by atoms with Gasteiger partial charge in [-0.15, -0.1) is 0 Å². The van der Waals surface area contributed by atoms with Gasteiger partial charge in [0.1, 0.15) is 11.5 Å². The number of carbonyl (C=O) groups excluding carboxylic acids is 1. The molecular formula is C27H23N3O3S. The van der Waals surface area contributed by atoms with Gasteiger partial charge in [0, 0.05) is 11.3 Å². The second-order valence-corrected chi connectivity index (χ2v) is 7.64. The number of carbonyl (C=O) groups is 1. The molecule has 0 spiro atoms. The summed E-state index contributed by atoms with van der Waals surface area (Å²) in [5.74, 6) is 0.621. The summed E-state index contributed by atoms with van der Waals surface area (Å²) >= 11 is 5.31. The van der Waals surface area contributed by atoms with Crippen molar-refractivity contribution < 1.29 is 14.3 Å². The molecule has 0 saturated heterocycles. The van der Waals surface area contributed by atoms with Gasteiger partial charge in [-0.3, -0.25) is 5.43 Å². The lowest BCUT2D eigenvalue weighted by molar-refractivity contribution is 0.0734. The highest BCUT2D eigenvalue weighted by atomic mass is 32.1. The molecule has 170 valence electrons. The van der Waals surface area contributed by atoms with E-state index in [2.05, 4.69) is 15.8 Å². The molecule has 0 aliphatic heterocycles. The van der Waals surface area contributed by atoms with Crippen LogP contribution in [-0.4, -0.2) is 23.9 Å². The van der Waals surface area contributed by atoms with Crippen molar-refractivity contribution in [2.75, 3.05) is 11.9 Å². The fraction of sp³-hybridized carbons (Fsp3) is 0.0741. The van der Waals surface area contributed by atoms with Crippen LogP contribution in [0.25, 0.3) is 10.8 Å². The normalized spacial score (nSPS) is 10.7. The van der Waals surface area contributed by atoms with Gasteiger partial charge in [-0.05, 0) is 72.4 Å². The Morgan fingerprint density at radius 3 is 2.44 bits per heavy atom. The third kappa shape index (κ3) is 5.76. The van der Waals surface area contributed by atoms with Crippen molar-refractivity contribution >= 4 is 46.0 Å². The standard InChI is InChI=1S/C27H23N3O3S/c1-2-32-22-15-12-20(13-16-22)26(31)33-25-17-14-19-8-6-7-11-23(19)24(25)18-28-30-27(34)29-21-9-4-3-5-10-21/h3-18H,2H2,1H3,(H2,29,30,34). The fourth-order valence-electron chi connectivity index (χ4n) is 3.35. The highest BCUT2D eigenvalue weighted by Gasteiger charge is 2.14. The topological polar surface area (TPSA) is 72.0 Å². The number of hydrogen-bond donors (Lipinski definition) is 2. The van der Waals surface area contributed by atoms with Gasteiger partial charge in [0.2, 0.25) is 0 Å². The number of esters is 1. The van der Waals surface area contributed by atoms with E-state index >= 15 is 0 Å². The van der Waals surface area contributed by atoms with Crippen molar-refractivity contribution in [3.8, 4) is 11.5 Å². The van der Waals surface area contributed by atoms with Crippen molar-refractivity contribution in [1.29, 1.82) is 0 Å². The summed E-state index contributed by atoms with van der Waals surface area (Å²) in [7, 11) is 0. The third-order valence-electron chi connectivity index (χ3n) is 4.93. The summed E-state index contributed by atoms with van der Waals surface area (Å²) in [6.07, 6.45) is 1.60. The van der Waals surface area contributed by atoms with Crippen LogP contribution >= 0.6 is 12.2 Å². The third-order valence-corrected chi connectivity index (χ3v) is 5.12. The maximum atomic E-state index is 12.8. The van der Waals surface area contributed by atoms with Gasteiger partial charge >= 0.3 is 5.97 Å². The lowest BCUT2D eigenvalue weighted by Crippen LogP contribution is -2.23. The Bertz CT molecular complexity index is 1320. The first-order chi connectivity index (χ1) is 16.6. The van der Waals surface area contributed by atoms with E-state index in [1.54, 1.807) is 36.5 Å². The van der Waals surface area contributed by atoms with Crippen LogP contribution < -0.4 is 20.2 Å². The largest absolute Gasteiger partial charge is 0.494 e. The average molecular weight is 470 g/mol. The Morgan fingerprint density at radius 1 is 0.941 bits per heavy atom. The first-order valence-corrected chi connectivity index (χ1v) is 11.2. The van der Waals surface area contributed by atoms with Crippen LogP contribution in [-0.2, 0) is 0 Å². The minimum absolute atomic E-state index is 0.343. The summed E-state index contributed by atoms with van der Waals surface area (Å²) < 4.78 is 11.2. The van der Waals surface area contributed by atoms with E-state index in [1.807, 2.05) is 67.6 Å². The number of fused-ring (bicyclic) bond motifs is 1. The molecule has 4 rings (SSSR count). The van der Waals surface area contributed by atoms with Crippen molar-refractivity contribution in [3.63, 3.8) is 0 Å². The molecule has 0 bridgehead atoms. The monoisotopic (exact) mass is 469 g/mol. The van der Waals surface area contributed by atoms with E-state index in [-0.39, 0.29) is 0 Å². The molecule has 0 atom stereocenters. The van der Waals surface area contributed by atoms with E-state index < -0.39 is 5.97 Å². The van der Waals surface area contributed by atoms with E-state index in [1.165, 1.54) is 0 Å². The summed E-state index contributed by atoms with van der Waals surface area (Å²) in [6.45, 7) is 2.46. The van der Waals surface area contributed by atoms with Crippen LogP contribution in [0.3, 0.4) is 0 Å². The van der Waals surface area contributed by atoms with Crippen molar-refractivity contribution in [3.05, 3.63) is 102 Å². The maximum Gasteiger partial charge on any atom is 0.343 e. The molecule has 0 aliphatic rings. The predicted molar refractivity (Wildman–Crippen MR) is 140 cm³/mol. The minimum Gasteiger partial charge on any atom is -0.494 e. The molecule has 4 aromatic carbocycles. The number of hydrogen-bond acceptors (Lipinski definition) is 5. The summed E-state index contributed by atoms with van der Waals surface area (Å²) in [5.41, 5.74) is 4.74. The molecule has 6 nitrogen and oxygen atoms in total. The quantitative estimate of drug-likeness (QED) is 0.118. The second-order valence-electron chi connectivity index (χ2n) is 7.24. The first-order valence-electron chi connectivity index (χ1n) is 10.8. The number of ether oxygens (including phenoxy) is 2. The van der Waals surface area contributed by atoms with Gasteiger partial charge in [-0.2, -0.15) is 5.10 Å². The Hall–Kier alpha value is -4.23. The van der Waals surface area contributed by atoms with Crippen LogP contribution in [0.15, 0.2) is 96.1 Å². The molecule has 0 aliphatic carbocycles. The lowest BCUT2D eigenvalue weighted by atomic mass is 10.0. The Labute approximate surface area is 203 Å². The fourth-order valence-corrected chi connectivity index (χ4v) is 3.52. The second kappa shape index (κ2) is 11.1. The number of benzene rings is 4. The SMILES string of the molecule is CCOc1ccc(C(=O)Oc2ccc3ccccc3c2C=NNC(=S)Nc2ccccc2)cc1. The number of thiocarbonyl (C=S) groups is 1. The molecule has 0 aromatic heterocycles. The molecule has 34 heavy (non-hydrogen) atoms. The van der Waals surface area contributed by atoms with Gasteiger partial charge in [-0.1, -0.05) is 48.5 Å². The summed E-state index contributed by atoms with van der Waals surface area (Å²) in [5, 5.41) is 9.57. The summed E-state index contributed by atoms with van der Waals surface area (Å²) in [6, 6.07) is 27.9. The van der Waals surface area contributed by atoms with Gasteiger partial charge < -0.3 is 14.8 Å². The van der Waals surface area contributed by atoms with Crippen LogP contribution in [0.2, 0.25) is 0 Å². The Kier molecular flexibility index (Phi) is 7.47. The molecule has 0 radical (unpaired) electrons. The number of anilines is 1. The number of nitrogens with zero attached hydrogens (tertiary/aromatic N) is 1. The summed E-state index contributed by atoms with van der Waals surface area (Å²) in [4.78, 5) is 12.8. The molecular weight excluding hydrogens is 446 g/mol. The Morgan fingerprint density at radius 2 is 1.68 bits per heavy atom. The highest BCUT2D eigenvalue weighted by Crippen LogP contribution is 2.27. The van der Waals surface area contributed by atoms with E-state index in [9.17, 15) is 4.79 Å². The molecule has 0 heterocycles. The predicted octanol–water partition coefficient (Wildman–Crippen LogP) is 5.78. The van der Waals surface area contributed by atoms with Crippen LogP contribution in [0.5, 0.6) is 11.5 Å². The molecule has 7 heteroatoms. The number of para-hydroxylation sites is 1. The zero-order valence-electron chi connectivity index (χ0n) is 18.5.